The van der Waals surface area contributed by atoms with Crippen molar-refractivity contribution in [2.75, 3.05) is 13.2 Å². The SMILES string of the molecule is Clc1cccc(Cl)c1-c1nocc1C1(CO[C@@H]2C[C@@H]3C[C@H]2CN3)CC1.I. The molecule has 3 aliphatic rings. The number of ether oxygens (including phenoxy) is 1. The quantitative estimate of drug-likeness (QED) is 0.575. The largest absolute Gasteiger partial charge is 0.377 e. The highest BCUT2D eigenvalue weighted by molar-refractivity contribution is 14.0. The number of nitrogens with zero attached hydrogens (tertiary/aromatic N) is 1. The standard InChI is InChI=1S/C19H20Cl2N2O2.HI/c20-14-2-1-3-15(21)17(14)18-13(9-25-23-18)19(4-5-19)10-24-16-7-12-6-11(16)8-22-12;/h1-3,9,11-12,16,22H,4-8,10H2;1H/t11-,12-,16+;/m0./s1. The van der Waals surface area contributed by atoms with E-state index < -0.39 is 0 Å². The Balaban J connectivity index is 0.00000168. The normalized spacial score (nSPS) is 28.2. The van der Waals surface area contributed by atoms with Gasteiger partial charge in [-0.05, 0) is 43.7 Å². The number of aromatic nitrogens is 1. The van der Waals surface area contributed by atoms with Crippen molar-refractivity contribution in [2.24, 2.45) is 5.92 Å². The van der Waals surface area contributed by atoms with Crippen molar-refractivity contribution < 1.29 is 9.26 Å². The molecule has 5 rings (SSSR count). The Morgan fingerprint density at radius 2 is 2.00 bits per heavy atom. The Labute approximate surface area is 179 Å². The van der Waals surface area contributed by atoms with E-state index in [0.29, 0.717) is 28.1 Å². The van der Waals surface area contributed by atoms with Gasteiger partial charge in [0.2, 0.25) is 0 Å². The number of benzene rings is 1. The van der Waals surface area contributed by atoms with E-state index in [4.69, 9.17) is 32.5 Å². The topological polar surface area (TPSA) is 47.3 Å². The molecule has 0 radical (unpaired) electrons. The fourth-order valence-corrected chi connectivity index (χ4v) is 4.99. The number of hydrogen-bond donors (Lipinski definition) is 1. The van der Waals surface area contributed by atoms with Crippen LogP contribution < -0.4 is 5.32 Å². The van der Waals surface area contributed by atoms with Crippen molar-refractivity contribution >= 4 is 47.2 Å². The molecule has 1 N–H and O–H groups in total. The average molecular weight is 507 g/mol. The smallest absolute Gasteiger partial charge is 0.128 e. The van der Waals surface area contributed by atoms with Gasteiger partial charge < -0.3 is 14.6 Å². The van der Waals surface area contributed by atoms with E-state index in [9.17, 15) is 0 Å². The van der Waals surface area contributed by atoms with Crippen LogP contribution in [0.3, 0.4) is 0 Å². The first-order valence-corrected chi connectivity index (χ1v) is 9.66. The van der Waals surface area contributed by atoms with Crippen LogP contribution in [0.4, 0.5) is 0 Å². The van der Waals surface area contributed by atoms with Crippen molar-refractivity contribution in [1.29, 1.82) is 0 Å². The minimum absolute atomic E-state index is 0. The first-order valence-electron chi connectivity index (χ1n) is 8.90. The summed E-state index contributed by atoms with van der Waals surface area (Å²) in [5.74, 6) is 0.667. The third kappa shape index (κ3) is 3.20. The van der Waals surface area contributed by atoms with Crippen LogP contribution in [0.5, 0.6) is 0 Å². The predicted molar refractivity (Wildman–Crippen MR) is 113 cm³/mol. The van der Waals surface area contributed by atoms with Crippen LogP contribution in [0.1, 0.15) is 31.2 Å². The van der Waals surface area contributed by atoms with Gasteiger partial charge in [0.25, 0.3) is 0 Å². The molecule has 1 aromatic heterocycles. The second kappa shape index (κ2) is 7.24. The van der Waals surface area contributed by atoms with Gasteiger partial charge in [-0.25, -0.2) is 0 Å². The maximum absolute atomic E-state index is 6.38. The second-order valence-electron chi connectivity index (χ2n) is 7.64. The lowest BCUT2D eigenvalue weighted by atomic mass is 9.94. The van der Waals surface area contributed by atoms with Crippen LogP contribution in [0, 0.1) is 5.92 Å². The molecule has 140 valence electrons. The van der Waals surface area contributed by atoms with Gasteiger partial charge in [0.1, 0.15) is 12.0 Å². The molecule has 2 heterocycles. The lowest BCUT2D eigenvalue weighted by molar-refractivity contribution is 0.00867. The number of hydrogen-bond acceptors (Lipinski definition) is 4. The maximum Gasteiger partial charge on any atom is 0.128 e. The first-order chi connectivity index (χ1) is 12.2. The van der Waals surface area contributed by atoms with Gasteiger partial charge >= 0.3 is 0 Å². The molecule has 2 aromatic rings. The van der Waals surface area contributed by atoms with E-state index in [1.807, 2.05) is 18.2 Å². The van der Waals surface area contributed by atoms with Crippen molar-refractivity contribution in [3.63, 3.8) is 0 Å². The van der Waals surface area contributed by atoms with Gasteiger partial charge in [0, 0.05) is 29.1 Å². The number of piperidine rings is 1. The Morgan fingerprint density at radius 3 is 2.62 bits per heavy atom. The Bertz CT molecular complexity index is 788. The molecule has 3 atom stereocenters. The van der Waals surface area contributed by atoms with E-state index in [0.717, 1.165) is 49.2 Å². The summed E-state index contributed by atoms with van der Waals surface area (Å²) in [6.07, 6.45) is 6.69. The van der Waals surface area contributed by atoms with Crippen molar-refractivity contribution in [3.8, 4) is 11.3 Å². The van der Waals surface area contributed by atoms with Crippen molar-refractivity contribution in [1.82, 2.24) is 10.5 Å². The van der Waals surface area contributed by atoms with E-state index in [1.165, 1.54) is 6.42 Å². The zero-order valence-corrected chi connectivity index (χ0v) is 18.1. The van der Waals surface area contributed by atoms with E-state index in [-0.39, 0.29) is 29.4 Å². The van der Waals surface area contributed by atoms with E-state index >= 15 is 0 Å². The van der Waals surface area contributed by atoms with Crippen molar-refractivity contribution in [3.05, 3.63) is 40.1 Å². The highest BCUT2D eigenvalue weighted by atomic mass is 127. The predicted octanol–water partition coefficient (Wildman–Crippen LogP) is 5.07. The summed E-state index contributed by atoms with van der Waals surface area (Å²) < 4.78 is 11.7. The molecule has 1 saturated heterocycles. The molecule has 1 aromatic carbocycles. The Kier molecular flexibility index (Phi) is 5.29. The summed E-state index contributed by atoms with van der Waals surface area (Å²) in [6.45, 7) is 1.81. The highest BCUT2D eigenvalue weighted by Crippen LogP contribution is 2.53. The Morgan fingerprint density at radius 1 is 1.23 bits per heavy atom. The molecular formula is C19H21Cl2IN2O2. The minimum atomic E-state index is -0.00685. The monoisotopic (exact) mass is 506 g/mol. The van der Waals surface area contributed by atoms with Crippen LogP contribution in [0.15, 0.2) is 29.0 Å². The molecule has 2 bridgehead atoms. The summed E-state index contributed by atoms with van der Waals surface area (Å²) in [7, 11) is 0. The highest BCUT2D eigenvalue weighted by Gasteiger charge is 2.50. The molecule has 3 fully saturated rings. The third-order valence-corrected chi connectivity index (χ3v) is 6.70. The number of nitrogens with one attached hydrogen (secondary N) is 1. The third-order valence-electron chi connectivity index (χ3n) is 6.07. The lowest BCUT2D eigenvalue weighted by Crippen LogP contribution is -2.35. The van der Waals surface area contributed by atoms with Crippen LogP contribution in [0.25, 0.3) is 11.3 Å². The van der Waals surface area contributed by atoms with E-state index in [1.54, 1.807) is 6.26 Å². The fourth-order valence-electron chi connectivity index (χ4n) is 4.42. The Hall–Kier alpha value is -0.340. The van der Waals surface area contributed by atoms with Gasteiger partial charge in [0.05, 0.1) is 22.8 Å². The maximum atomic E-state index is 6.38. The van der Waals surface area contributed by atoms with Gasteiger partial charge in [-0.3, -0.25) is 0 Å². The first kappa shape index (κ1) is 19.0. The van der Waals surface area contributed by atoms with E-state index in [2.05, 4.69) is 10.5 Å². The molecule has 4 nitrogen and oxygen atoms in total. The van der Waals surface area contributed by atoms with Crippen LogP contribution in [-0.2, 0) is 10.2 Å². The summed E-state index contributed by atoms with van der Waals surface area (Å²) in [5.41, 5.74) is 2.58. The molecule has 2 saturated carbocycles. The van der Waals surface area contributed by atoms with Gasteiger partial charge in [-0.2, -0.15) is 0 Å². The average Bonchev–Trinajstić information content (AvgIpc) is 2.97. The molecule has 7 heteroatoms. The molecule has 0 spiro atoms. The van der Waals surface area contributed by atoms with Crippen LogP contribution in [-0.4, -0.2) is 30.5 Å². The minimum Gasteiger partial charge on any atom is -0.377 e. The number of halogens is 3. The number of rotatable bonds is 5. The van der Waals surface area contributed by atoms with Gasteiger partial charge in [-0.15, -0.1) is 24.0 Å². The van der Waals surface area contributed by atoms with Gasteiger partial charge in [-0.1, -0.05) is 34.4 Å². The molecular weight excluding hydrogens is 486 g/mol. The molecule has 2 aliphatic carbocycles. The summed E-state index contributed by atoms with van der Waals surface area (Å²) >= 11 is 12.8. The van der Waals surface area contributed by atoms with Crippen LogP contribution >= 0.6 is 47.2 Å². The summed E-state index contributed by atoms with van der Waals surface area (Å²) in [5, 5.41) is 8.95. The number of fused-ring (bicyclic) bond motifs is 2. The zero-order chi connectivity index (χ0) is 17.0. The van der Waals surface area contributed by atoms with Crippen LogP contribution in [0.2, 0.25) is 10.0 Å². The molecule has 0 unspecified atom stereocenters. The zero-order valence-electron chi connectivity index (χ0n) is 14.2. The molecule has 0 amide bonds. The summed E-state index contributed by atoms with van der Waals surface area (Å²) in [6, 6.07) is 6.16. The molecule has 26 heavy (non-hydrogen) atoms. The second-order valence-corrected chi connectivity index (χ2v) is 8.45. The summed E-state index contributed by atoms with van der Waals surface area (Å²) in [4.78, 5) is 0. The fraction of sp³-hybridized carbons (Fsp3) is 0.526. The molecule has 1 aliphatic heterocycles. The lowest BCUT2D eigenvalue weighted by Gasteiger charge is -2.25. The van der Waals surface area contributed by atoms with Gasteiger partial charge in [0.15, 0.2) is 0 Å². The van der Waals surface area contributed by atoms with Crippen molar-refractivity contribution in [2.45, 2.75) is 43.2 Å².